The van der Waals surface area contributed by atoms with E-state index in [4.69, 9.17) is 9.84 Å². The third-order valence-corrected chi connectivity index (χ3v) is 4.93. The number of rotatable bonds is 4. The molecule has 2 rings (SSSR count). The van der Waals surface area contributed by atoms with Crippen molar-refractivity contribution in [3.05, 3.63) is 29.6 Å². The van der Waals surface area contributed by atoms with Gasteiger partial charge in [0.25, 0.3) is 0 Å². The van der Waals surface area contributed by atoms with Crippen LogP contribution in [0.15, 0.2) is 18.2 Å². The minimum Gasteiger partial charge on any atom is -0.478 e. The minimum atomic E-state index is -3.64. The Balaban J connectivity index is 2.20. The van der Waals surface area contributed by atoms with Crippen LogP contribution >= 0.6 is 0 Å². The highest BCUT2D eigenvalue weighted by Crippen LogP contribution is 2.21. The van der Waals surface area contributed by atoms with E-state index in [0.717, 1.165) is 12.1 Å². The van der Waals surface area contributed by atoms with E-state index in [2.05, 4.69) is 4.72 Å². The Hall–Kier alpha value is -1.67. The number of sulfonamides is 1. The lowest BCUT2D eigenvalue weighted by Gasteiger charge is -2.22. The van der Waals surface area contributed by atoms with Crippen molar-refractivity contribution >= 4 is 21.7 Å². The molecule has 0 amide bonds. The highest BCUT2D eigenvalue weighted by atomic mass is 32.2. The first-order valence-electron chi connectivity index (χ1n) is 6.02. The molecule has 20 heavy (non-hydrogen) atoms. The summed E-state index contributed by atoms with van der Waals surface area (Å²) in [5, 5.41) is 8.22. The second-order valence-electron chi connectivity index (χ2n) is 4.46. The molecule has 6 nitrogen and oxygen atoms in total. The lowest BCUT2D eigenvalue weighted by molar-refractivity contribution is 0.0692. The molecule has 1 aromatic carbocycles. The normalized spacial score (nSPS) is 16.9. The van der Waals surface area contributed by atoms with Crippen molar-refractivity contribution in [2.24, 2.45) is 0 Å². The number of halogens is 1. The monoisotopic (exact) mass is 303 g/mol. The number of carboxylic acids is 1. The van der Waals surface area contributed by atoms with Gasteiger partial charge >= 0.3 is 5.97 Å². The summed E-state index contributed by atoms with van der Waals surface area (Å²) in [5.41, 5.74) is -0.535. The Bertz CT molecular complexity index is 610. The van der Waals surface area contributed by atoms with Crippen LogP contribution in [0.1, 0.15) is 23.2 Å². The van der Waals surface area contributed by atoms with Gasteiger partial charge in [0.15, 0.2) is 0 Å². The molecule has 0 aromatic heterocycles. The van der Waals surface area contributed by atoms with Gasteiger partial charge in [-0.1, -0.05) is 0 Å². The predicted molar refractivity (Wildman–Crippen MR) is 69.7 cm³/mol. The third kappa shape index (κ3) is 3.26. The van der Waals surface area contributed by atoms with E-state index >= 15 is 0 Å². The van der Waals surface area contributed by atoms with Crippen molar-refractivity contribution in [3.8, 4) is 0 Å². The zero-order valence-electron chi connectivity index (χ0n) is 10.5. The lowest BCUT2D eigenvalue weighted by atomic mass is 10.2. The summed E-state index contributed by atoms with van der Waals surface area (Å²) in [6.07, 6.45) is 0.755. The van der Waals surface area contributed by atoms with E-state index in [1.54, 1.807) is 0 Å². The van der Waals surface area contributed by atoms with Crippen molar-refractivity contribution in [3.63, 3.8) is 0 Å². The number of carboxylic acid groups (broad SMARTS) is 1. The van der Waals surface area contributed by atoms with E-state index < -0.39 is 32.6 Å². The smallest absolute Gasteiger partial charge is 0.338 e. The number of anilines is 1. The highest BCUT2D eigenvalue weighted by Gasteiger charge is 2.28. The third-order valence-electron chi connectivity index (χ3n) is 3.06. The molecule has 0 aliphatic carbocycles. The van der Waals surface area contributed by atoms with Crippen LogP contribution < -0.4 is 4.72 Å². The van der Waals surface area contributed by atoms with Crippen molar-refractivity contribution in [2.75, 3.05) is 17.9 Å². The molecule has 1 fully saturated rings. The summed E-state index contributed by atoms with van der Waals surface area (Å²) in [7, 11) is -3.64. The maximum absolute atomic E-state index is 13.2. The largest absolute Gasteiger partial charge is 0.478 e. The summed E-state index contributed by atoms with van der Waals surface area (Å²) in [4.78, 5) is 10.8. The fourth-order valence-corrected chi connectivity index (χ4v) is 3.42. The number of ether oxygens (including phenoxy) is 1. The highest BCUT2D eigenvalue weighted by molar-refractivity contribution is 7.93. The second kappa shape index (κ2) is 5.76. The zero-order chi connectivity index (χ0) is 14.8. The lowest BCUT2D eigenvalue weighted by Crippen LogP contribution is -2.33. The van der Waals surface area contributed by atoms with Crippen molar-refractivity contribution < 1.29 is 27.4 Å². The van der Waals surface area contributed by atoms with Gasteiger partial charge in [0, 0.05) is 18.9 Å². The number of benzene rings is 1. The molecule has 1 aliphatic heterocycles. The van der Waals surface area contributed by atoms with Crippen LogP contribution in [-0.2, 0) is 14.8 Å². The van der Waals surface area contributed by atoms with Crippen LogP contribution in [0.2, 0.25) is 0 Å². The summed E-state index contributed by atoms with van der Waals surface area (Å²) in [6.45, 7) is 0.741. The van der Waals surface area contributed by atoms with Gasteiger partial charge in [0.2, 0.25) is 10.0 Å². The summed E-state index contributed by atoms with van der Waals surface area (Å²) >= 11 is 0. The van der Waals surface area contributed by atoms with Gasteiger partial charge in [-0.3, -0.25) is 4.72 Å². The Labute approximate surface area is 115 Å². The van der Waals surface area contributed by atoms with Gasteiger partial charge in [-0.25, -0.2) is 17.6 Å². The molecule has 1 saturated heterocycles. The Kier molecular flexibility index (Phi) is 4.24. The minimum absolute atomic E-state index is 0.0373. The quantitative estimate of drug-likeness (QED) is 0.878. The van der Waals surface area contributed by atoms with E-state index in [1.807, 2.05) is 0 Å². The predicted octanol–water partition coefficient (Wildman–Crippen LogP) is 1.44. The summed E-state index contributed by atoms with van der Waals surface area (Å²) < 4.78 is 44.8. The maximum atomic E-state index is 13.2. The molecular formula is C12H14FNO5S. The van der Waals surface area contributed by atoms with Crippen molar-refractivity contribution in [1.29, 1.82) is 0 Å². The van der Waals surface area contributed by atoms with Crippen LogP contribution in [0, 0.1) is 5.82 Å². The van der Waals surface area contributed by atoms with Crippen LogP contribution in [0.4, 0.5) is 10.1 Å². The average Bonchev–Trinajstić information content (AvgIpc) is 2.41. The van der Waals surface area contributed by atoms with Gasteiger partial charge < -0.3 is 9.84 Å². The van der Waals surface area contributed by atoms with Crippen molar-refractivity contribution in [2.45, 2.75) is 18.1 Å². The van der Waals surface area contributed by atoms with Crippen LogP contribution in [0.25, 0.3) is 0 Å². The number of aromatic carboxylic acids is 1. The maximum Gasteiger partial charge on any atom is 0.338 e. The molecule has 1 aromatic rings. The SMILES string of the molecule is O=C(O)c1cc(NS(=O)(=O)C2CCOCC2)ccc1F. The molecule has 0 spiro atoms. The van der Waals surface area contributed by atoms with Crippen LogP contribution in [0.3, 0.4) is 0 Å². The zero-order valence-corrected chi connectivity index (χ0v) is 11.3. The summed E-state index contributed by atoms with van der Waals surface area (Å²) in [5.74, 6) is -2.36. The Morgan fingerprint density at radius 2 is 2.00 bits per heavy atom. The van der Waals surface area contributed by atoms with Gasteiger partial charge in [-0.2, -0.15) is 0 Å². The topological polar surface area (TPSA) is 92.7 Å². The Morgan fingerprint density at radius 3 is 2.60 bits per heavy atom. The molecule has 1 aliphatic rings. The fraction of sp³-hybridized carbons (Fsp3) is 0.417. The first-order chi connectivity index (χ1) is 9.40. The molecular weight excluding hydrogens is 289 g/mol. The molecule has 1 heterocycles. The van der Waals surface area contributed by atoms with Gasteiger partial charge in [-0.05, 0) is 31.0 Å². The Morgan fingerprint density at radius 1 is 1.35 bits per heavy atom. The molecule has 0 atom stereocenters. The average molecular weight is 303 g/mol. The molecule has 0 bridgehead atoms. The van der Waals surface area contributed by atoms with Crippen molar-refractivity contribution in [1.82, 2.24) is 0 Å². The van der Waals surface area contributed by atoms with Crippen LogP contribution in [-0.4, -0.2) is 38.0 Å². The standard InChI is InChI=1S/C12H14FNO5S/c13-11-2-1-8(7-10(11)12(15)16)14-20(17,18)9-3-5-19-6-4-9/h1-2,7,9,14H,3-6H2,(H,15,16). The van der Waals surface area contributed by atoms with Gasteiger partial charge in [0.05, 0.1) is 10.8 Å². The number of carbonyl (C=O) groups is 1. The van der Waals surface area contributed by atoms with Gasteiger partial charge in [-0.15, -0.1) is 0 Å². The number of hydrogen-bond acceptors (Lipinski definition) is 4. The molecule has 110 valence electrons. The molecule has 0 radical (unpaired) electrons. The molecule has 0 unspecified atom stereocenters. The number of hydrogen-bond donors (Lipinski definition) is 2. The second-order valence-corrected chi connectivity index (χ2v) is 6.42. The van der Waals surface area contributed by atoms with E-state index in [0.29, 0.717) is 26.1 Å². The van der Waals surface area contributed by atoms with E-state index in [1.165, 1.54) is 6.07 Å². The fourth-order valence-electron chi connectivity index (χ4n) is 1.99. The summed E-state index contributed by atoms with van der Waals surface area (Å²) in [6, 6.07) is 3.08. The molecule has 2 N–H and O–H groups in total. The van der Waals surface area contributed by atoms with E-state index in [-0.39, 0.29) is 5.69 Å². The first-order valence-corrected chi connectivity index (χ1v) is 7.57. The van der Waals surface area contributed by atoms with Crippen LogP contribution in [0.5, 0.6) is 0 Å². The molecule has 0 saturated carbocycles. The first kappa shape index (κ1) is 14.7. The van der Waals surface area contributed by atoms with Gasteiger partial charge in [0.1, 0.15) is 5.82 Å². The van der Waals surface area contributed by atoms with E-state index in [9.17, 15) is 17.6 Å². The molecule has 8 heteroatoms. The number of nitrogens with one attached hydrogen (secondary N) is 1.